The molecule has 0 aliphatic rings. The smallest absolute Gasteiger partial charge is 0.225 e. The zero-order valence-corrected chi connectivity index (χ0v) is 13.3. The Bertz CT molecular complexity index is 395. The van der Waals surface area contributed by atoms with Crippen molar-refractivity contribution in [3.8, 4) is 0 Å². The predicted octanol–water partition coefficient (Wildman–Crippen LogP) is 3.38. The van der Waals surface area contributed by atoms with E-state index in [1.807, 2.05) is 24.3 Å². The van der Waals surface area contributed by atoms with E-state index in [1.54, 1.807) is 0 Å². The van der Waals surface area contributed by atoms with E-state index in [-0.39, 0.29) is 17.4 Å². The minimum atomic E-state index is -0.0890. The third kappa shape index (κ3) is 6.35. The molecule has 1 amide bonds. The molecule has 1 unspecified atom stereocenters. The number of anilines is 1. The maximum atomic E-state index is 11.8. The van der Waals surface area contributed by atoms with Crippen molar-refractivity contribution in [1.82, 2.24) is 0 Å². The number of carbonyl (C=O) groups is 1. The molecule has 1 aromatic carbocycles. The van der Waals surface area contributed by atoms with Gasteiger partial charge in [-0.05, 0) is 58.7 Å². The average Bonchev–Trinajstić information content (AvgIpc) is 2.18. The molecule has 1 rings (SSSR count). The van der Waals surface area contributed by atoms with Crippen LogP contribution in [0.1, 0.15) is 33.6 Å². The summed E-state index contributed by atoms with van der Waals surface area (Å²) in [6, 6.07) is 7.63. The van der Waals surface area contributed by atoms with Crippen LogP contribution in [-0.2, 0) is 4.79 Å². The fourth-order valence-electron chi connectivity index (χ4n) is 1.84. The van der Waals surface area contributed by atoms with Gasteiger partial charge in [0.15, 0.2) is 0 Å². The molecule has 3 N–H and O–H groups in total. The molecule has 0 spiro atoms. The van der Waals surface area contributed by atoms with Gasteiger partial charge >= 0.3 is 0 Å². The molecule has 0 aliphatic heterocycles. The molecule has 4 heteroatoms. The zero-order chi connectivity index (χ0) is 13.8. The van der Waals surface area contributed by atoms with Crippen LogP contribution in [0.2, 0.25) is 0 Å². The molecule has 0 aromatic heterocycles. The second-order valence-corrected chi connectivity index (χ2v) is 7.03. The second kappa shape index (κ2) is 6.52. The van der Waals surface area contributed by atoms with Crippen molar-refractivity contribution >= 4 is 34.2 Å². The summed E-state index contributed by atoms with van der Waals surface area (Å²) in [5.74, 6) is -0.0204. The predicted molar refractivity (Wildman–Crippen MR) is 84.5 cm³/mol. The van der Waals surface area contributed by atoms with E-state index in [2.05, 4.69) is 48.7 Å². The van der Waals surface area contributed by atoms with Crippen LogP contribution in [0.4, 0.5) is 5.69 Å². The first-order chi connectivity index (χ1) is 8.26. The van der Waals surface area contributed by atoms with Gasteiger partial charge in [-0.3, -0.25) is 4.79 Å². The first-order valence-corrected chi connectivity index (χ1v) is 7.15. The van der Waals surface area contributed by atoms with Crippen LogP contribution in [0.5, 0.6) is 0 Å². The molecule has 0 saturated carbocycles. The Hall–Kier alpha value is -0.620. The zero-order valence-electron chi connectivity index (χ0n) is 11.2. The topological polar surface area (TPSA) is 55.1 Å². The third-order valence-electron chi connectivity index (χ3n) is 2.45. The first-order valence-electron chi connectivity index (χ1n) is 6.07. The standard InChI is InChI=1S/C14H21IN2O/c1-14(2,3)9-11(16)8-13(18)17-12-6-4-10(15)5-7-12/h4-7,11H,8-9,16H2,1-3H3,(H,17,18). The van der Waals surface area contributed by atoms with Crippen molar-refractivity contribution in [1.29, 1.82) is 0 Å². The van der Waals surface area contributed by atoms with Gasteiger partial charge in [-0.15, -0.1) is 0 Å². The highest BCUT2D eigenvalue weighted by Crippen LogP contribution is 2.21. The van der Waals surface area contributed by atoms with Crippen molar-refractivity contribution in [3.63, 3.8) is 0 Å². The lowest BCUT2D eigenvalue weighted by molar-refractivity contribution is -0.116. The van der Waals surface area contributed by atoms with E-state index in [1.165, 1.54) is 0 Å². The Morgan fingerprint density at radius 2 is 1.89 bits per heavy atom. The van der Waals surface area contributed by atoms with E-state index in [0.717, 1.165) is 15.7 Å². The van der Waals surface area contributed by atoms with Crippen molar-refractivity contribution < 1.29 is 4.79 Å². The Morgan fingerprint density at radius 3 is 2.39 bits per heavy atom. The first kappa shape index (κ1) is 15.4. The summed E-state index contributed by atoms with van der Waals surface area (Å²) in [6.45, 7) is 6.39. The van der Waals surface area contributed by atoms with Crippen LogP contribution >= 0.6 is 22.6 Å². The summed E-state index contributed by atoms with van der Waals surface area (Å²) in [6.07, 6.45) is 1.20. The van der Waals surface area contributed by atoms with Gasteiger partial charge in [0, 0.05) is 21.7 Å². The summed E-state index contributed by atoms with van der Waals surface area (Å²) in [7, 11) is 0. The van der Waals surface area contributed by atoms with Crippen molar-refractivity contribution in [2.45, 2.75) is 39.7 Å². The maximum absolute atomic E-state index is 11.8. The Labute approximate surface area is 123 Å². The molecule has 18 heavy (non-hydrogen) atoms. The highest BCUT2D eigenvalue weighted by molar-refractivity contribution is 14.1. The van der Waals surface area contributed by atoms with Crippen LogP contribution in [-0.4, -0.2) is 11.9 Å². The number of rotatable bonds is 4. The summed E-state index contributed by atoms with van der Waals surface area (Å²) in [4.78, 5) is 11.8. The number of amides is 1. The van der Waals surface area contributed by atoms with Crippen molar-refractivity contribution in [2.75, 3.05) is 5.32 Å². The molecule has 0 saturated heterocycles. The minimum Gasteiger partial charge on any atom is -0.327 e. The van der Waals surface area contributed by atoms with Gasteiger partial charge in [-0.2, -0.15) is 0 Å². The Balaban J connectivity index is 2.44. The number of nitrogens with one attached hydrogen (secondary N) is 1. The van der Waals surface area contributed by atoms with Crippen LogP contribution < -0.4 is 11.1 Å². The van der Waals surface area contributed by atoms with Gasteiger partial charge in [-0.1, -0.05) is 20.8 Å². The average molecular weight is 360 g/mol. The minimum absolute atomic E-state index is 0.0204. The number of benzene rings is 1. The number of nitrogens with two attached hydrogens (primary N) is 1. The molecule has 0 heterocycles. The molecule has 3 nitrogen and oxygen atoms in total. The van der Waals surface area contributed by atoms with Crippen molar-refractivity contribution in [2.24, 2.45) is 11.1 Å². The molecular formula is C14H21IN2O. The van der Waals surface area contributed by atoms with Gasteiger partial charge in [-0.25, -0.2) is 0 Å². The molecule has 0 bridgehead atoms. The summed E-state index contributed by atoms with van der Waals surface area (Å²) in [5, 5.41) is 2.86. The summed E-state index contributed by atoms with van der Waals surface area (Å²) >= 11 is 2.23. The largest absolute Gasteiger partial charge is 0.327 e. The van der Waals surface area contributed by atoms with E-state index in [4.69, 9.17) is 5.73 Å². The molecule has 0 radical (unpaired) electrons. The van der Waals surface area contributed by atoms with Crippen molar-refractivity contribution in [3.05, 3.63) is 27.8 Å². The van der Waals surface area contributed by atoms with Gasteiger partial charge in [0.1, 0.15) is 0 Å². The van der Waals surface area contributed by atoms with Crippen LogP contribution in [0, 0.1) is 8.99 Å². The van der Waals surface area contributed by atoms with E-state index < -0.39 is 0 Å². The SMILES string of the molecule is CC(C)(C)CC(N)CC(=O)Nc1ccc(I)cc1. The fourth-order valence-corrected chi connectivity index (χ4v) is 2.20. The summed E-state index contributed by atoms with van der Waals surface area (Å²) < 4.78 is 1.15. The molecule has 0 fully saturated rings. The monoisotopic (exact) mass is 360 g/mol. The van der Waals surface area contributed by atoms with Crippen LogP contribution in [0.15, 0.2) is 24.3 Å². The lowest BCUT2D eigenvalue weighted by Gasteiger charge is -2.22. The summed E-state index contributed by atoms with van der Waals surface area (Å²) in [5.41, 5.74) is 6.95. The molecule has 100 valence electrons. The third-order valence-corrected chi connectivity index (χ3v) is 3.17. The molecule has 1 aromatic rings. The van der Waals surface area contributed by atoms with E-state index in [0.29, 0.717) is 6.42 Å². The maximum Gasteiger partial charge on any atom is 0.225 e. The Kier molecular flexibility index (Phi) is 5.59. The van der Waals surface area contributed by atoms with Gasteiger partial charge in [0.25, 0.3) is 0 Å². The number of hydrogen-bond donors (Lipinski definition) is 2. The lowest BCUT2D eigenvalue weighted by atomic mass is 9.87. The second-order valence-electron chi connectivity index (χ2n) is 5.78. The quantitative estimate of drug-likeness (QED) is 0.809. The number of carbonyl (C=O) groups excluding carboxylic acids is 1. The number of halogens is 1. The fraction of sp³-hybridized carbons (Fsp3) is 0.500. The highest BCUT2D eigenvalue weighted by atomic mass is 127. The molecular weight excluding hydrogens is 339 g/mol. The van der Waals surface area contributed by atoms with E-state index in [9.17, 15) is 4.79 Å². The molecule has 0 aliphatic carbocycles. The van der Waals surface area contributed by atoms with Gasteiger partial charge in [0.2, 0.25) is 5.91 Å². The van der Waals surface area contributed by atoms with Crippen LogP contribution in [0.25, 0.3) is 0 Å². The van der Waals surface area contributed by atoms with Crippen LogP contribution in [0.3, 0.4) is 0 Å². The Morgan fingerprint density at radius 1 is 1.33 bits per heavy atom. The van der Waals surface area contributed by atoms with E-state index >= 15 is 0 Å². The highest BCUT2D eigenvalue weighted by Gasteiger charge is 2.18. The normalized spacial score (nSPS) is 13.2. The lowest BCUT2D eigenvalue weighted by Crippen LogP contribution is -2.31. The number of hydrogen-bond acceptors (Lipinski definition) is 2. The van der Waals surface area contributed by atoms with Gasteiger partial charge in [0.05, 0.1) is 0 Å². The molecule has 1 atom stereocenters. The van der Waals surface area contributed by atoms with Gasteiger partial charge < -0.3 is 11.1 Å².